The van der Waals surface area contributed by atoms with E-state index in [1.165, 1.54) is 6.42 Å². The molecule has 0 aromatic heterocycles. The predicted molar refractivity (Wildman–Crippen MR) is 39.0 cm³/mol. The molecule has 1 fully saturated rings. The monoisotopic (exact) mass is 128 g/mol. The molecular formula is C7H16N2. The lowest BCUT2D eigenvalue weighted by atomic mass is 9.89. The molecule has 0 aromatic rings. The summed E-state index contributed by atoms with van der Waals surface area (Å²) in [6.07, 6.45) is 2.28. The molecule has 3 unspecified atom stereocenters. The Balaban J connectivity index is 2.66. The molecule has 0 aromatic carbocycles. The van der Waals surface area contributed by atoms with Gasteiger partial charge in [-0.25, -0.2) is 0 Å². The van der Waals surface area contributed by atoms with Crippen LogP contribution in [0.5, 0.6) is 0 Å². The predicted octanol–water partition coefficient (Wildman–Crippen LogP) is 0.461. The van der Waals surface area contributed by atoms with Crippen LogP contribution < -0.4 is 11.5 Å². The van der Waals surface area contributed by atoms with Gasteiger partial charge in [-0.3, -0.25) is 0 Å². The summed E-state index contributed by atoms with van der Waals surface area (Å²) in [7, 11) is 0. The number of hydrogen-bond donors (Lipinski definition) is 2. The maximum absolute atomic E-state index is 5.94. The topological polar surface area (TPSA) is 52.0 Å². The summed E-state index contributed by atoms with van der Waals surface area (Å²) in [5.74, 6) is 0.590. The second kappa shape index (κ2) is 1.96. The van der Waals surface area contributed by atoms with Crippen molar-refractivity contribution >= 4 is 0 Å². The molecule has 2 heteroatoms. The van der Waals surface area contributed by atoms with Crippen LogP contribution in [0.25, 0.3) is 0 Å². The quantitative estimate of drug-likeness (QED) is 0.498. The molecule has 0 heterocycles. The van der Waals surface area contributed by atoms with E-state index in [1.807, 2.05) is 0 Å². The lowest BCUT2D eigenvalue weighted by Crippen LogP contribution is -2.52. The Hall–Kier alpha value is -0.0800. The van der Waals surface area contributed by atoms with E-state index in [0.717, 1.165) is 6.42 Å². The SMILES string of the molecule is CC1CCC(N)C1(C)N. The Morgan fingerprint density at radius 3 is 2.11 bits per heavy atom. The van der Waals surface area contributed by atoms with E-state index in [-0.39, 0.29) is 11.6 Å². The van der Waals surface area contributed by atoms with Crippen LogP contribution in [0.3, 0.4) is 0 Å². The molecule has 0 radical (unpaired) electrons. The van der Waals surface area contributed by atoms with Crippen LogP contribution in [0.15, 0.2) is 0 Å². The highest BCUT2D eigenvalue weighted by Gasteiger charge is 2.38. The zero-order chi connectivity index (χ0) is 7.07. The van der Waals surface area contributed by atoms with Crippen LogP contribution in [0.1, 0.15) is 26.7 Å². The summed E-state index contributed by atoms with van der Waals surface area (Å²) in [6, 6.07) is 0.215. The minimum absolute atomic E-state index is 0.111. The molecule has 9 heavy (non-hydrogen) atoms. The molecule has 0 amide bonds. The standard InChI is InChI=1S/C7H16N2/c1-5-3-4-6(8)7(5,2)9/h5-6H,3-4,8-9H2,1-2H3. The first-order valence-corrected chi connectivity index (χ1v) is 3.59. The van der Waals surface area contributed by atoms with E-state index in [0.29, 0.717) is 5.92 Å². The van der Waals surface area contributed by atoms with Gasteiger partial charge >= 0.3 is 0 Å². The van der Waals surface area contributed by atoms with Crippen LogP contribution in [0, 0.1) is 5.92 Å². The van der Waals surface area contributed by atoms with Crippen molar-refractivity contribution in [2.75, 3.05) is 0 Å². The summed E-state index contributed by atoms with van der Waals surface area (Å²) < 4.78 is 0. The van der Waals surface area contributed by atoms with Crippen molar-refractivity contribution in [1.82, 2.24) is 0 Å². The van der Waals surface area contributed by atoms with E-state index in [9.17, 15) is 0 Å². The summed E-state index contributed by atoms with van der Waals surface area (Å²) in [6.45, 7) is 4.22. The first-order valence-electron chi connectivity index (χ1n) is 3.59. The lowest BCUT2D eigenvalue weighted by molar-refractivity contribution is 0.341. The van der Waals surface area contributed by atoms with Gasteiger partial charge in [-0.2, -0.15) is 0 Å². The van der Waals surface area contributed by atoms with Gasteiger partial charge in [0.1, 0.15) is 0 Å². The Morgan fingerprint density at radius 1 is 1.44 bits per heavy atom. The third kappa shape index (κ3) is 0.970. The summed E-state index contributed by atoms with van der Waals surface area (Å²) >= 11 is 0. The molecule has 0 spiro atoms. The zero-order valence-corrected chi connectivity index (χ0v) is 6.22. The molecule has 0 bridgehead atoms. The molecule has 2 nitrogen and oxygen atoms in total. The van der Waals surface area contributed by atoms with Crippen LogP contribution in [0.2, 0.25) is 0 Å². The van der Waals surface area contributed by atoms with Gasteiger partial charge in [0, 0.05) is 11.6 Å². The zero-order valence-electron chi connectivity index (χ0n) is 6.22. The van der Waals surface area contributed by atoms with E-state index >= 15 is 0 Å². The van der Waals surface area contributed by atoms with E-state index < -0.39 is 0 Å². The lowest BCUT2D eigenvalue weighted by Gasteiger charge is -2.28. The van der Waals surface area contributed by atoms with E-state index in [1.54, 1.807) is 0 Å². The third-order valence-electron chi connectivity index (χ3n) is 2.77. The molecule has 1 aliphatic rings. The van der Waals surface area contributed by atoms with Gasteiger partial charge in [-0.1, -0.05) is 6.92 Å². The minimum Gasteiger partial charge on any atom is -0.326 e. The summed E-state index contributed by atoms with van der Waals surface area (Å²) in [5, 5.41) is 0. The van der Waals surface area contributed by atoms with Gasteiger partial charge in [0.15, 0.2) is 0 Å². The van der Waals surface area contributed by atoms with Gasteiger partial charge < -0.3 is 11.5 Å². The van der Waals surface area contributed by atoms with Crippen LogP contribution in [0.4, 0.5) is 0 Å². The third-order valence-corrected chi connectivity index (χ3v) is 2.77. The molecule has 4 N–H and O–H groups in total. The number of nitrogens with two attached hydrogens (primary N) is 2. The molecule has 0 aliphatic heterocycles. The van der Waals surface area contributed by atoms with Gasteiger partial charge in [0.2, 0.25) is 0 Å². The Morgan fingerprint density at radius 2 is 2.00 bits per heavy atom. The largest absolute Gasteiger partial charge is 0.326 e. The molecular weight excluding hydrogens is 112 g/mol. The van der Waals surface area contributed by atoms with E-state index in [2.05, 4.69) is 13.8 Å². The Kier molecular flexibility index (Phi) is 1.53. The first-order chi connectivity index (χ1) is 4.05. The average Bonchev–Trinajstić information content (AvgIpc) is 1.96. The molecule has 3 atom stereocenters. The fraction of sp³-hybridized carbons (Fsp3) is 1.00. The fourth-order valence-corrected chi connectivity index (χ4v) is 1.42. The Bertz CT molecular complexity index is 97.5. The highest BCUT2D eigenvalue weighted by atomic mass is 14.9. The van der Waals surface area contributed by atoms with Crippen LogP contribution in [-0.2, 0) is 0 Å². The molecule has 1 rings (SSSR count). The van der Waals surface area contributed by atoms with Crippen LogP contribution in [-0.4, -0.2) is 11.6 Å². The van der Waals surface area contributed by atoms with Crippen molar-refractivity contribution in [3.05, 3.63) is 0 Å². The second-order valence-corrected chi connectivity index (χ2v) is 3.45. The highest BCUT2D eigenvalue weighted by molar-refractivity contribution is 4.99. The van der Waals surface area contributed by atoms with Crippen molar-refractivity contribution in [1.29, 1.82) is 0 Å². The van der Waals surface area contributed by atoms with E-state index in [4.69, 9.17) is 11.5 Å². The normalized spacial score (nSPS) is 52.0. The van der Waals surface area contributed by atoms with Crippen molar-refractivity contribution < 1.29 is 0 Å². The second-order valence-electron chi connectivity index (χ2n) is 3.45. The number of hydrogen-bond acceptors (Lipinski definition) is 2. The first kappa shape index (κ1) is 7.03. The molecule has 54 valence electrons. The maximum atomic E-state index is 5.94. The van der Waals surface area contributed by atoms with Gasteiger partial charge in [-0.15, -0.1) is 0 Å². The van der Waals surface area contributed by atoms with Crippen molar-refractivity contribution in [2.45, 2.75) is 38.3 Å². The summed E-state index contributed by atoms with van der Waals surface area (Å²) in [4.78, 5) is 0. The molecule has 1 saturated carbocycles. The van der Waals surface area contributed by atoms with Gasteiger partial charge in [-0.05, 0) is 25.7 Å². The molecule has 1 aliphatic carbocycles. The highest BCUT2D eigenvalue weighted by Crippen LogP contribution is 2.31. The van der Waals surface area contributed by atoms with Crippen molar-refractivity contribution in [2.24, 2.45) is 17.4 Å². The Labute approximate surface area is 56.6 Å². The van der Waals surface area contributed by atoms with Gasteiger partial charge in [0.05, 0.1) is 0 Å². The molecule has 0 saturated heterocycles. The van der Waals surface area contributed by atoms with Gasteiger partial charge in [0.25, 0.3) is 0 Å². The average molecular weight is 128 g/mol. The minimum atomic E-state index is -0.111. The van der Waals surface area contributed by atoms with Crippen LogP contribution >= 0.6 is 0 Å². The van der Waals surface area contributed by atoms with Crippen molar-refractivity contribution in [3.63, 3.8) is 0 Å². The smallest absolute Gasteiger partial charge is 0.0305 e. The summed E-state index contributed by atoms with van der Waals surface area (Å²) in [5.41, 5.74) is 11.6. The fourth-order valence-electron chi connectivity index (χ4n) is 1.42. The number of rotatable bonds is 0. The van der Waals surface area contributed by atoms with Crippen molar-refractivity contribution in [3.8, 4) is 0 Å². The maximum Gasteiger partial charge on any atom is 0.0305 e.